The first-order valence-electron chi connectivity index (χ1n) is 13.3. The van der Waals surface area contributed by atoms with Crippen molar-refractivity contribution in [3.05, 3.63) is 71.3 Å². The molecule has 0 unspecified atom stereocenters. The van der Waals surface area contributed by atoms with Crippen molar-refractivity contribution in [1.29, 1.82) is 0 Å². The number of benzene rings is 2. The highest BCUT2D eigenvalue weighted by Crippen LogP contribution is 2.41. The molecule has 2 fully saturated rings. The zero-order valence-electron chi connectivity index (χ0n) is 21.2. The van der Waals surface area contributed by atoms with E-state index in [1.54, 1.807) is 6.07 Å². The standard InChI is InChI=1S/C30H35F5O2/c1-2-3-4-5-20-18-36-29(37-19-20)24-12-6-21(7-13-24)25-14-15-26(27(31)16-25)22-8-10-23(11-9-22)28(32)17-30(33,34)35/h6-7,12-17,20,22-23,29H,2-5,8-11,18-19H2,1H3. The van der Waals surface area contributed by atoms with Crippen LogP contribution in [-0.4, -0.2) is 19.4 Å². The third-order valence-corrected chi connectivity index (χ3v) is 7.56. The van der Waals surface area contributed by atoms with E-state index in [1.807, 2.05) is 30.3 Å². The number of rotatable bonds is 8. The molecule has 1 aliphatic heterocycles. The molecule has 0 N–H and O–H groups in total. The van der Waals surface area contributed by atoms with Crippen LogP contribution in [-0.2, 0) is 9.47 Å². The van der Waals surface area contributed by atoms with Gasteiger partial charge in [0.25, 0.3) is 0 Å². The predicted octanol–water partition coefficient (Wildman–Crippen LogP) is 9.42. The summed E-state index contributed by atoms with van der Waals surface area (Å²) in [5.74, 6) is -1.90. The van der Waals surface area contributed by atoms with Crippen LogP contribution in [0.4, 0.5) is 22.0 Å². The van der Waals surface area contributed by atoms with Crippen LogP contribution in [0.25, 0.3) is 11.1 Å². The molecule has 1 heterocycles. The minimum atomic E-state index is -4.66. The molecule has 7 heteroatoms. The summed E-state index contributed by atoms with van der Waals surface area (Å²) in [5.41, 5.74) is 3.07. The van der Waals surface area contributed by atoms with Gasteiger partial charge in [-0.2, -0.15) is 13.2 Å². The zero-order valence-corrected chi connectivity index (χ0v) is 21.2. The van der Waals surface area contributed by atoms with Crippen LogP contribution in [0, 0.1) is 17.7 Å². The van der Waals surface area contributed by atoms with Crippen LogP contribution in [0.5, 0.6) is 0 Å². The molecule has 0 radical (unpaired) electrons. The van der Waals surface area contributed by atoms with Crippen LogP contribution in [0.3, 0.4) is 0 Å². The summed E-state index contributed by atoms with van der Waals surface area (Å²) in [6.07, 6.45) is 0.901. The number of unbranched alkanes of at least 4 members (excludes halogenated alkanes) is 2. The van der Waals surface area contributed by atoms with Gasteiger partial charge in [-0.25, -0.2) is 8.78 Å². The Bertz CT molecular complexity index is 1030. The second kappa shape index (κ2) is 12.5. The van der Waals surface area contributed by atoms with Gasteiger partial charge < -0.3 is 9.47 Å². The second-order valence-electron chi connectivity index (χ2n) is 10.3. The lowest BCUT2D eigenvalue weighted by Gasteiger charge is -2.29. The Kier molecular flexibility index (Phi) is 9.41. The molecule has 2 aliphatic rings. The van der Waals surface area contributed by atoms with E-state index in [-0.39, 0.29) is 36.9 Å². The molecule has 1 saturated heterocycles. The van der Waals surface area contributed by atoms with Crippen LogP contribution in [0.15, 0.2) is 54.4 Å². The highest BCUT2D eigenvalue weighted by Gasteiger charge is 2.31. The fraction of sp³-hybridized carbons (Fsp3) is 0.533. The minimum absolute atomic E-state index is 0.127. The topological polar surface area (TPSA) is 18.5 Å². The molecule has 0 aromatic heterocycles. The maximum atomic E-state index is 15.0. The van der Waals surface area contributed by atoms with Crippen molar-refractivity contribution < 1.29 is 31.4 Å². The number of halogens is 5. The fourth-order valence-electron chi connectivity index (χ4n) is 5.41. The van der Waals surface area contributed by atoms with Crippen molar-refractivity contribution in [2.24, 2.45) is 11.8 Å². The van der Waals surface area contributed by atoms with Crippen LogP contribution in [0.1, 0.15) is 81.6 Å². The van der Waals surface area contributed by atoms with Crippen molar-refractivity contribution in [3.8, 4) is 11.1 Å². The highest BCUT2D eigenvalue weighted by atomic mass is 19.4. The van der Waals surface area contributed by atoms with Gasteiger partial charge in [-0.05, 0) is 60.8 Å². The number of hydrogen-bond donors (Lipinski definition) is 0. The van der Waals surface area contributed by atoms with Crippen molar-refractivity contribution in [3.63, 3.8) is 0 Å². The maximum Gasteiger partial charge on any atom is 0.412 e. The first kappa shape index (κ1) is 27.8. The Morgan fingerprint density at radius 1 is 0.919 bits per heavy atom. The van der Waals surface area contributed by atoms with Crippen molar-refractivity contribution in [1.82, 2.24) is 0 Å². The van der Waals surface area contributed by atoms with E-state index in [0.29, 0.717) is 37.5 Å². The molecule has 0 atom stereocenters. The third kappa shape index (κ3) is 7.64. The molecule has 2 aromatic carbocycles. The SMILES string of the molecule is CCCCCC1COC(c2ccc(-c3ccc(C4CCC(C(F)=CC(F)(F)F)CC4)c(F)c3)cc2)OC1. The lowest BCUT2D eigenvalue weighted by molar-refractivity contribution is -0.206. The normalized spacial score (nSPS) is 25.3. The first-order chi connectivity index (χ1) is 17.7. The number of hydrogen-bond acceptors (Lipinski definition) is 2. The Morgan fingerprint density at radius 3 is 2.16 bits per heavy atom. The summed E-state index contributed by atoms with van der Waals surface area (Å²) >= 11 is 0. The molecule has 0 amide bonds. The van der Waals surface area contributed by atoms with Crippen molar-refractivity contribution >= 4 is 0 Å². The monoisotopic (exact) mass is 522 g/mol. The maximum absolute atomic E-state index is 15.0. The van der Waals surface area contributed by atoms with E-state index in [1.165, 1.54) is 25.3 Å². The molecular weight excluding hydrogens is 487 g/mol. The van der Waals surface area contributed by atoms with Crippen LogP contribution in [0.2, 0.25) is 0 Å². The lowest BCUT2D eigenvalue weighted by atomic mass is 9.77. The van der Waals surface area contributed by atoms with Gasteiger partial charge in [0.05, 0.1) is 19.3 Å². The van der Waals surface area contributed by atoms with Gasteiger partial charge in [0.1, 0.15) is 11.6 Å². The van der Waals surface area contributed by atoms with E-state index in [4.69, 9.17) is 9.47 Å². The lowest BCUT2D eigenvalue weighted by Crippen LogP contribution is -2.27. The smallest absolute Gasteiger partial charge is 0.348 e. The molecule has 1 saturated carbocycles. The second-order valence-corrected chi connectivity index (χ2v) is 10.3. The summed E-state index contributed by atoms with van der Waals surface area (Å²) in [6.45, 7) is 3.57. The summed E-state index contributed by atoms with van der Waals surface area (Å²) < 4.78 is 78.1. The quantitative estimate of drug-likeness (QED) is 0.254. The molecule has 2 nitrogen and oxygen atoms in total. The molecule has 202 valence electrons. The van der Waals surface area contributed by atoms with Crippen LogP contribution >= 0.6 is 0 Å². The molecule has 1 aliphatic carbocycles. The molecule has 0 bridgehead atoms. The molecule has 4 rings (SSSR count). The summed E-state index contributed by atoms with van der Waals surface area (Å²) in [7, 11) is 0. The Hall–Kier alpha value is -2.25. The average molecular weight is 523 g/mol. The number of allylic oxidation sites excluding steroid dienone is 2. The van der Waals surface area contributed by atoms with Gasteiger partial charge in [-0.1, -0.05) is 62.6 Å². The van der Waals surface area contributed by atoms with E-state index in [2.05, 4.69) is 6.92 Å². The highest BCUT2D eigenvalue weighted by molar-refractivity contribution is 5.64. The minimum Gasteiger partial charge on any atom is -0.348 e. The van der Waals surface area contributed by atoms with Gasteiger partial charge in [-0.15, -0.1) is 0 Å². The van der Waals surface area contributed by atoms with E-state index in [9.17, 15) is 17.6 Å². The van der Waals surface area contributed by atoms with Gasteiger partial charge >= 0.3 is 6.18 Å². The Morgan fingerprint density at radius 2 is 1.57 bits per heavy atom. The van der Waals surface area contributed by atoms with Gasteiger partial charge in [0.2, 0.25) is 0 Å². The molecule has 37 heavy (non-hydrogen) atoms. The zero-order chi connectivity index (χ0) is 26.4. The summed E-state index contributed by atoms with van der Waals surface area (Å²) in [6, 6.07) is 12.8. The summed E-state index contributed by atoms with van der Waals surface area (Å²) in [5, 5.41) is 0. The third-order valence-electron chi connectivity index (χ3n) is 7.56. The fourth-order valence-corrected chi connectivity index (χ4v) is 5.41. The number of ether oxygens (including phenoxy) is 2. The average Bonchev–Trinajstić information content (AvgIpc) is 2.88. The van der Waals surface area contributed by atoms with Crippen molar-refractivity contribution in [2.45, 2.75) is 76.7 Å². The van der Waals surface area contributed by atoms with Gasteiger partial charge in [-0.3, -0.25) is 0 Å². The van der Waals surface area contributed by atoms with Gasteiger partial charge in [0, 0.05) is 17.4 Å². The Labute approximate surface area is 215 Å². The van der Waals surface area contributed by atoms with Gasteiger partial charge in [0.15, 0.2) is 6.29 Å². The number of alkyl halides is 3. The molecular formula is C30H35F5O2. The first-order valence-corrected chi connectivity index (χ1v) is 13.3. The van der Waals surface area contributed by atoms with Crippen LogP contribution < -0.4 is 0 Å². The molecule has 2 aromatic rings. The summed E-state index contributed by atoms with van der Waals surface area (Å²) in [4.78, 5) is 0. The van der Waals surface area contributed by atoms with E-state index in [0.717, 1.165) is 23.1 Å². The van der Waals surface area contributed by atoms with E-state index < -0.39 is 17.9 Å². The Balaban J connectivity index is 1.33. The molecule has 0 spiro atoms. The van der Waals surface area contributed by atoms with E-state index >= 15 is 4.39 Å². The predicted molar refractivity (Wildman–Crippen MR) is 134 cm³/mol. The largest absolute Gasteiger partial charge is 0.412 e. The van der Waals surface area contributed by atoms with Crippen molar-refractivity contribution in [2.75, 3.05) is 13.2 Å².